The lowest BCUT2D eigenvalue weighted by Crippen LogP contribution is -2.49. The van der Waals surface area contributed by atoms with Gasteiger partial charge in [-0.1, -0.05) is 44.4 Å². The Balaban J connectivity index is 1.90. The lowest BCUT2D eigenvalue weighted by atomic mass is 9.47. The number of carbonyl (C=O) groups is 1. The van der Waals surface area contributed by atoms with Crippen molar-refractivity contribution in [3.8, 4) is 0 Å². The van der Waals surface area contributed by atoms with Gasteiger partial charge >= 0.3 is 5.97 Å². The van der Waals surface area contributed by atoms with Crippen LogP contribution in [0.15, 0.2) is 23.3 Å². The molecule has 2 saturated carbocycles. The highest BCUT2D eigenvalue weighted by Crippen LogP contribution is 2.62. The van der Waals surface area contributed by atoms with Crippen LogP contribution in [0.4, 0.5) is 0 Å². The zero-order chi connectivity index (χ0) is 15.3. The van der Waals surface area contributed by atoms with Crippen molar-refractivity contribution >= 4 is 5.97 Å². The van der Waals surface area contributed by atoms with Crippen LogP contribution in [0.25, 0.3) is 0 Å². The molecule has 0 aromatic heterocycles. The molecule has 0 saturated heterocycles. The van der Waals surface area contributed by atoms with Crippen LogP contribution in [0, 0.1) is 22.7 Å². The van der Waals surface area contributed by atoms with Gasteiger partial charge in [-0.15, -0.1) is 0 Å². The minimum absolute atomic E-state index is 0.431. The van der Waals surface area contributed by atoms with Gasteiger partial charge in [0.25, 0.3) is 0 Å². The average Bonchev–Trinajstić information content (AvgIpc) is 2.36. The second-order valence-corrected chi connectivity index (χ2v) is 8.32. The fourth-order valence-electron chi connectivity index (χ4n) is 5.69. The molecule has 2 fully saturated rings. The van der Waals surface area contributed by atoms with Crippen molar-refractivity contribution in [1.29, 1.82) is 0 Å². The van der Waals surface area contributed by atoms with Gasteiger partial charge in [-0.05, 0) is 61.2 Å². The zero-order valence-corrected chi connectivity index (χ0v) is 13.6. The summed E-state index contributed by atoms with van der Waals surface area (Å²) in [6, 6.07) is 0. The number of rotatable bonds is 1. The van der Waals surface area contributed by atoms with E-state index >= 15 is 0 Å². The van der Waals surface area contributed by atoms with Crippen molar-refractivity contribution in [2.45, 2.75) is 65.7 Å². The molecule has 0 aliphatic heterocycles. The Labute approximate surface area is 128 Å². The standard InChI is InChI=1S/C19H28O2/c1-18(2)9-4-10-19(3)15-7-5-13(12-17(20)21)11-14(15)6-8-16(18)19/h6,12,15-16H,4-5,7-11H2,1-3H3,(H,20,21)/b13-12-/t15-,16-,19+/m1/s1. The van der Waals surface area contributed by atoms with Crippen molar-refractivity contribution < 1.29 is 9.90 Å². The zero-order valence-electron chi connectivity index (χ0n) is 13.6. The molecule has 3 aliphatic carbocycles. The van der Waals surface area contributed by atoms with E-state index in [0.717, 1.165) is 30.8 Å². The molecule has 1 N–H and O–H groups in total. The molecule has 2 nitrogen and oxygen atoms in total. The van der Waals surface area contributed by atoms with E-state index in [4.69, 9.17) is 5.11 Å². The van der Waals surface area contributed by atoms with E-state index in [1.807, 2.05) is 0 Å². The number of carboxylic acids is 1. The van der Waals surface area contributed by atoms with Crippen LogP contribution in [0.3, 0.4) is 0 Å². The quantitative estimate of drug-likeness (QED) is 0.547. The number of carboxylic acid groups (broad SMARTS) is 1. The SMILES string of the molecule is CC1(C)CCC[C@@]2(C)[C@@H]3CC/C(=C/C(=O)O)CC3=CC[C@H]12. The molecule has 0 aromatic carbocycles. The summed E-state index contributed by atoms with van der Waals surface area (Å²) in [5, 5.41) is 8.97. The van der Waals surface area contributed by atoms with Gasteiger partial charge in [-0.3, -0.25) is 0 Å². The van der Waals surface area contributed by atoms with Gasteiger partial charge in [0.05, 0.1) is 0 Å². The number of hydrogen-bond acceptors (Lipinski definition) is 1. The van der Waals surface area contributed by atoms with E-state index in [-0.39, 0.29) is 0 Å². The second-order valence-electron chi connectivity index (χ2n) is 8.32. The van der Waals surface area contributed by atoms with Gasteiger partial charge in [0.15, 0.2) is 0 Å². The van der Waals surface area contributed by atoms with E-state index in [1.54, 1.807) is 0 Å². The molecule has 0 radical (unpaired) electrons. The number of fused-ring (bicyclic) bond motifs is 3. The summed E-state index contributed by atoms with van der Waals surface area (Å²) in [6.07, 6.45) is 12.2. The third kappa shape index (κ3) is 2.47. The molecule has 3 aliphatic rings. The molecule has 0 unspecified atom stereocenters. The number of aliphatic carboxylic acids is 1. The molecular formula is C19H28O2. The third-order valence-corrected chi connectivity index (χ3v) is 6.65. The first-order valence-corrected chi connectivity index (χ1v) is 8.44. The average molecular weight is 288 g/mol. The maximum absolute atomic E-state index is 10.9. The lowest BCUT2D eigenvalue weighted by molar-refractivity contribution is -0.131. The lowest BCUT2D eigenvalue weighted by Gasteiger charge is -2.58. The van der Waals surface area contributed by atoms with Gasteiger partial charge in [0, 0.05) is 6.08 Å². The molecule has 0 heterocycles. The van der Waals surface area contributed by atoms with Crippen LogP contribution in [0.5, 0.6) is 0 Å². The first kappa shape index (κ1) is 14.9. The maximum atomic E-state index is 10.9. The predicted molar refractivity (Wildman–Crippen MR) is 85.0 cm³/mol. The number of allylic oxidation sites excluding steroid dienone is 3. The van der Waals surface area contributed by atoms with E-state index < -0.39 is 5.97 Å². The Morgan fingerprint density at radius 2 is 2.10 bits per heavy atom. The second kappa shape index (κ2) is 5.00. The maximum Gasteiger partial charge on any atom is 0.328 e. The monoisotopic (exact) mass is 288 g/mol. The van der Waals surface area contributed by atoms with Gasteiger partial charge in [0.2, 0.25) is 0 Å². The summed E-state index contributed by atoms with van der Waals surface area (Å²) in [6.45, 7) is 7.42. The van der Waals surface area contributed by atoms with Crippen molar-refractivity contribution in [3.63, 3.8) is 0 Å². The van der Waals surface area contributed by atoms with Gasteiger partial charge in [-0.2, -0.15) is 0 Å². The van der Waals surface area contributed by atoms with E-state index in [2.05, 4.69) is 26.8 Å². The van der Waals surface area contributed by atoms with Crippen LogP contribution < -0.4 is 0 Å². The Hall–Kier alpha value is -1.05. The van der Waals surface area contributed by atoms with Gasteiger partial charge < -0.3 is 5.11 Å². The smallest absolute Gasteiger partial charge is 0.328 e. The molecule has 3 atom stereocenters. The fraction of sp³-hybridized carbons (Fsp3) is 0.737. The van der Waals surface area contributed by atoms with E-state index in [1.165, 1.54) is 37.3 Å². The predicted octanol–water partition coefficient (Wildman–Crippen LogP) is 4.96. The summed E-state index contributed by atoms with van der Waals surface area (Å²) in [5.74, 6) is 0.682. The molecule has 0 aromatic rings. The summed E-state index contributed by atoms with van der Waals surface area (Å²) in [4.78, 5) is 10.9. The summed E-state index contributed by atoms with van der Waals surface area (Å²) in [7, 11) is 0. The molecular weight excluding hydrogens is 260 g/mol. The van der Waals surface area contributed by atoms with E-state index in [9.17, 15) is 4.79 Å². The molecule has 0 spiro atoms. The molecule has 0 bridgehead atoms. The van der Waals surface area contributed by atoms with Crippen LogP contribution in [0.1, 0.15) is 65.7 Å². The van der Waals surface area contributed by atoms with Crippen molar-refractivity contribution in [2.24, 2.45) is 22.7 Å². The number of hydrogen-bond donors (Lipinski definition) is 1. The van der Waals surface area contributed by atoms with Crippen molar-refractivity contribution in [1.82, 2.24) is 0 Å². The largest absolute Gasteiger partial charge is 0.478 e. The highest BCUT2D eigenvalue weighted by Gasteiger charge is 2.52. The summed E-state index contributed by atoms with van der Waals surface area (Å²) >= 11 is 0. The molecule has 2 heteroatoms. The topological polar surface area (TPSA) is 37.3 Å². The fourth-order valence-corrected chi connectivity index (χ4v) is 5.69. The normalized spacial score (nSPS) is 40.1. The van der Waals surface area contributed by atoms with Crippen LogP contribution in [-0.4, -0.2) is 11.1 Å². The highest BCUT2D eigenvalue weighted by atomic mass is 16.4. The highest BCUT2D eigenvalue weighted by molar-refractivity contribution is 5.80. The molecule has 0 amide bonds. The minimum Gasteiger partial charge on any atom is -0.478 e. The summed E-state index contributed by atoms with van der Waals surface area (Å²) in [5.41, 5.74) is 3.53. The van der Waals surface area contributed by atoms with Crippen LogP contribution >= 0.6 is 0 Å². The molecule has 116 valence electrons. The van der Waals surface area contributed by atoms with Gasteiger partial charge in [0.1, 0.15) is 0 Å². The first-order valence-electron chi connectivity index (χ1n) is 8.44. The van der Waals surface area contributed by atoms with Crippen molar-refractivity contribution in [2.75, 3.05) is 0 Å². The minimum atomic E-state index is -0.789. The van der Waals surface area contributed by atoms with Crippen LogP contribution in [0.2, 0.25) is 0 Å². The van der Waals surface area contributed by atoms with Crippen molar-refractivity contribution in [3.05, 3.63) is 23.3 Å². The summed E-state index contributed by atoms with van der Waals surface area (Å²) < 4.78 is 0. The molecule has 3 rings (SSSR count). The van der Waals surface area contributed by atoms with E-state index in [0.29, 0.717) is 16.7 Å². The third-order valence-electron chi connectivity index (χ3n) is 6.65. The Morgan fingerprint density at radius 1 is 1.33 bits per heavy atom. The molecule has 21 heavy (non-hydrogen) atoms. The Kier molecular flexibility index (Phi) is 3.54. The van der Waals surface area contributed by atoms with Gasteiger partial charge in [-0.25, -0.2) is 4.79 Å². The first-order chi connectivity index (χ1) is 9.83. The Morgan fingerprint density at radius 3 is 2.81 bits per heavy atom. The Bertz CT molecular complexity index is 512. The van der Waals surface area contributed by atoms with Crippen LogP contribution in [-0.2, 0) is 4.79 Å².